The fourth-order valence-corrected chi connectivity index (χ4v) is 12.7. The number of fused-ring (bicyclic) bond motifs is 7. The molecule has 5 nitrogen and oxygen atoms in total. The lowest BCUT2D eigenvalue weighted by atomic mass is 9.32. The lowest BCUT2D eigenvalue weighted by Crippen LogP contribution is -2.68. The van der Waals surface area contributed by atoms with E-state index in [4.69, 9.17) is 4.74 Å². The molecule has 0 amide bonds. The van der Waals surface area contributed by atoms with Gasteiger partial charge in [-0.05, 0) is 145 Å². The number of carbonyl (C=O) groups is 2. The van der Waals surface area contributed by atoms with Crippen molar-refractivity contribution in [3.63, 3.8) is 0 Å². The van der Waals surface area contributed by atoms with Gasteiger partial charge < -0.3 is 14.7 Å². The Bertz CT molecular complexity index is 1120. The number of ether oxygens (including phenoxy) is 1. The first-order chi connectivity index (χ1) is 19.3. The maximum Gasteiger partial charge on any atom is 0.309 e. The van der Waals surface area contributed by atoms with Crippen LogP contribution in [0.2, 0.25) is 0 Å². The van der Waals surface area contributed by atoms with Gasteiger partial charge in [-0.1, -0.05) is 46.8 Å². The maximum atomic E-state index is 13.0. The molecule has 5 heteroatoms. The van der Waals surface area contributed by atoms with Crippen LogP contribution in [0.5, 0.6) is 0 Å². The van der Waals surface area contributed by atoms with Crippen molar-refractivity contribution < 1.29 is 19.4 Å². The second-order valence-electron chi connectivity index (χ2n) is 17.9. The summed E-state index contributed by atoms with van der Waals surface area (Å²) in [4.78, 5) is 27.2. The Morgan fingerprint density at radius 2 is 1.55 bits per heavy atom. The SMILES string of the molecule is C=C(C)[C@@H]1CC[C@]2(N(C)C)CC[C@]3(C)[C@H](CC[C@@H]4[C@@]5(C)CC[C@H](OC(=O)CC(C)(C)C(=O)O)C(C)(C)[C@@H]5CC[C@]43C)[C@@H]12. The number of carboxylic acids is 1. The largest absolute Gasteiger partial charge is 0.481 e. The van der Waals surface area contributed by atoms with Crippen LogP contribution in [0.4, 0.5) is 0 Å². The average molecular weight is 584 g/mol. The predicted molar refractivity (Wildman–Crippen MR) is 169 cm³/mol. The summed E-state index contributed by atoms with van der Waals surface area (Å²) in [5, 5.41) is 9.54. The second-order valence-corrected chi connectivity index (χ2v) is 17.9. The minimum Gasteiger partial charge on any atom is -0.481 e. The minimum absolute atomic E-state index is 0.0852. The van der Waals surface area contributed by atoms with Crippen LogP contribution >= 0.6 is 0 Å². The molecule has 5 fully saturated rings. The molecular weight excluding hydrogens is 522 g/mol. The highest BCUT2D eigenvalue weighted by atomic mass is 16.5. The molecule has 42 heavy (non-hydrogen) atoms. The Kier molecular flexibility index (Phi) is 7.69. The van der Waals surface area contributed by atoms with Crippen LogP contribution in [0.3, 0.4) is 0 Å². The maximum absolute atomic E-state index is 13.0. The normalized spacial score (nSPS) is 46.2. The standard InChI is InChI=1S/C37H61NO4/c1-23(2)24-14-19-37(38(10)11)21-20-35(8)25(30(24)37)12-13-27-34(7)17-16-28(42-29(39)22-32(3,4)31(40)41)33(5,6)26(34)15-18-36(27,35)9/h24-28,30H,1,12-22H2,2-11H3,(H,40,41)/t24-,25+,26-,27+,28-,30+,34-,35+,36+,37-/m0/s1. The van der Waals surface area contributed by atoms with Gasteiger partial charge in [-0.2, -0.15) is 0 Å². The topological polar surface area (TPSA) is 66.8 Å². The molecule has 5 rings (SSSR count). The van der Waals surface area contributed by atoms with Gasteiger partial charge in [-0.15, -0.1) is 0 Å². The number of aliphatic carboxylic acids is 1. The molecule has 5 saturated carbocycles. The van der Waals surface area contributed by atoms with Crippen LogP contribution in [0.1, 0.15) is 126 Å². The van der Waals surface area contributed by atoms with Crippen LogP contribution in [-0.4, -0.2) is 47.7 Å². The summed E-state index contributed by atoms with van der Waals surface area (Å²) in [6, 6.07) is 0. The molecule has 0 aromatic rings. The van der Waals surface area contributed by atoms with Gasteiger partial charge in [-0.25, -0.2) is 0 Å². The third-order valence-corrected chi connectivity index (χ3v) is 15.3. The third-order valence-electron chi connectivity index (χ3n) is 15.3. The Morgan fingerprint density at radius 3 is 2.14 bits per heavy atom. The van der Waals surface area contributed by atoms with Crippen LogP contribution in [0.25, 0.3) is 0 Å². The number of nitrogens with zero attached hydrogens (tertiary/aromatic N) is 1. The first kappa shape index (κ1) is 32.0. The van der Waals surface area contributed by atoms with E-state index in [9.17, 15) is 14.7 Å². The van der Waals surface area contributed by atoms with Crippen LogP contribution in [-0.2, 0) is 14.3 Å². The Labute approximate surface area is 256 Å². The van der Waals surface area contributed by atoms with Gasteiger partial charge in [0.05, 0.1) is 11.8 Å². The van der Waals surface area contributed by atoms with Crippen molar-refractivity contribution in [2.75, 3.05) is 14.1 Å². The number of esters is 1. The zero-order valence-corrected chi connectivity index (χ0v) is 28.6. The van der Waals surface area contributed by atoms with E-state index in [1.807, 2.05) is 0 Å². The molecule has 5 aliphatic carbocycles. The van der Waals surface area contributed by atoms with Crippen molar-refractivity contribution >= 4 is 11.9 Å². The molecule has 0 saturated heterocycles. The van der Waals surface area contributed by atoms with Gasteiger partial charge in [0.2, 0.25) is 0 Å². The Hall–Kier alpha value is -1.36. The van der Waals surface area contributed by atoms with E-state index in [2.05, 4.69) is 67.1 Å². The Morgan fingerprint density at radius 1 is 0.881 bits per heavy atom. The lowest BCUT2D eigenvalue weighted by Gasteiger charge is -2.73. The summed E-state index contributed by atoms with van der Waals surface area (Å²) < 4.78 is 6.15. The zero-order chi connectivity index (χ0) is 31.3. The molecular formula is C37H61NO4. The number of hydrogen-bond donors (Lipinski definition) is 1. The number of hydrogen-bond acceptors (Lipinski definition) is 4. The highest BCUT2D eigenvalue weighted by Crippen LogP contribution is 2.76. The molecule has 0 heterocycles. The number of rotatable bonds is 6. The van der Waals surface area contributed by atoms with Crippen molar-refractivity contribution in [2.45, 2.75) is 138 Å². The van der Waals surface area contributed by atoms with E-state index in [0.717, 1.165) is 18.8 Å². The molecule has 0 unspecified atom stereocenters. The van der Waals surface area contributed by atoms with E-state index in [1.54, 1.807) is 13.8 Å². The van der Waals surface area contributed by atoms with Crippen LogP contribution in [0.15, 0.2) is 12.2 Å². The first-order valence-corrected chi connectivity index (χ1v) is 17.0. The highest BCUT2D eigenvalue weighted by molar-refractivity contribution is 5.81. The van der Waals surface area contributed by atoms with Gasteiger partial charge >= 0.3 is 11.9 Å². The molecule has 5 aliphatic rings. The van der Waals surface area contributed by atoms with Crippen LogP contribution < -0.4 is 0 Å². The van der Waals surface area contributed by atoms with E-state index < -0.39 is 11.4 Å². The highest BCUT2D eigenvalue weighted by Gasteiger charge is 2.71. The number of allylic oxidation sites excluding steroid dienone is 1. The van der Waals surface area contributed by atoms with Crippen LogP contribution in [0, 0.1) is 56.7 Å². The minimum atomic E-state index is -1.11. The molecule has 0 spiro atoms. The second kappa shape index (κ2) is 10.1. The van der Waals surface area contributed by atoms with Gasteiger partial charge in [0, 0.05) is 11.0 Å². The lowest BCUT2D eigenvalue weighted by molar-refractivity contribution is -0.250. The number of carboxylic acid groups (broad SMARTS) is 1. The van der Waals surface area contributed by atoms with E-state index in [-0.39, 0.29) is 29.3 Å². The average Bonchev–Trinajstić information content (AvgIpc) is 3.27. The quantitative estimate of drug-likeness (QED) is 0.251. The summed E-state index contributed by atoms with van der Waals surface area (Å²) in [5.74, 6) is 1.91. The summed E-state index contributed by atoms with van der Waals surface area (Å²) in [6.45, 7) is 22.7. The van der Waals surface area contributed by atoms with E-state index in [0.29, 0.717) is 40.0 Å². The molecule has 10 atom stereocenters. The summed E-state index contributed by atoms with van der Waals surface area (Å²) in [5.41, 5.74) is 1.30. The molecule has 0 bridgehead atoms. The van der Waals surface area contributed by atoms with Gasteiger partial charge in [0.1, 0.15) is 6.10 Å². The first-order valence-electron chi connectivity index (χ1n) is 17.0. The smallest absolute Gasteiger partial charge is 0.309 e. The molecule has 0 aliphatic heterocycles. The molecule has 0 aromatic carbocycles. The van der Waals surface area contributed by atoms with Gasteiger partial charge in [0.25, 0.3) is 0 Å². The summed E-state index contributed by atoms with van der Waals surface area (Å²) >= 11 is 0. The van der Waals surface area contributed by atoms with E-state index in [1.165, 1.54) is 56.9 Å². The van der Waals surface area contributed by atoms with Crippen molar-refractivity contribution in [1.82, 2.24) is 4.90 Å². The van der Waals surface area contributed by atoms with Gasteiger partial charge in [-0.3, -0.25) is 9.59 Å². The summed E-state index contributed by atoms with van der Waals surface area (Å²) in [6.07, 6.45) is 12.0. The molecule has 0 radical (unpaired) electrons. The fourth-order valence-electron chi connectivity index (χ4n) is 12.7. The van der Waals surface area contributed by atoms with Gasteiger partial charge in [0.15, 0.2) is 0 Å². The van der Waals surface area contributed by atoms with Crippen molar-refractivity contribution in [2.24, 2.45) is 56.7 Å². The molecule has 0 aromatic heterocycles. The fraction of sp³-hybridized carbons (Fsp3) is 0.892. The zero-order valence-electron chi connectivity index (χ0n) is 28.6. The molecule has 1 N–H and O–H groups in total. The molecule has 238 valence electrons. The predicted octanol–water partition coefficient (Wildman–Crippen LogP) is 8.37. The number of carbonyl (C=O) groups excluding carboxylic acids is 1. The van der Waals surface area contributed by atoms with Crippen molar-refractivity contribution in [3.05, 3.63) is 12.2 Å². The third kappa shape index (κ3) is 4.31. The summed E-state index contributed by atoms with van der Waals surface area (Å²) in [7, 11) is 4.68. The monoisotopic (exact) mass is 583 g/mol. The Balaban J connectivity index is 1.42. The van der Waals surface area contributed by atoms with Crippen molar-refractivity contribution in [3.8, 4) is 0 Å². The van der Waals surface area contributed by atoms with Crippen molar-refractivity contribution in [1.29, 1.82) is 0 Å². The van der Waals surface area contributed by atoms with E-state index >= 15 is 0 Å².